The van der Waals surface area contributed by atoms with Crippen LogP contribution < -0.4 is 5.32 Å². The van der Waals surface area contributed by atoms with Crippen LogP contribution in [-0.2, 0) is 11.3 Å². The van der Waals surface area contributed by atoms with Gasteiger partial charge in [-0.1, -0.05) is 40.5 Å². The number of piperidine rings is 1. The Morgan fingerprint density at radius 1 is 1.40 bits per heavy atom. The second-order valence-electron chi connectivity index (χ2n) is 5.53. The second kappa shape index (κ2) is 7.79. The van der Waals surface area contributed by atoms with Crippen molar-refractivity contribution < 1.29 is 4.79 Å². The van der Waals surface area contributed by atoms with Crippen molar-refractivity contribution in [2.45, 2.75) is 44.7 Å². The van der Waals surface area contributed by atoms with Crippen molar-refractivity contribution in [3.63, 3.8) is 0 Å². The average molecular weight is 339 g/mol. The molecule has 20 heavy (non-hydrogen) atoms. The molecule has 0 radical (unpaired) electrons. The monoisotopic (exact) mass is 338 g/mol. The first-order valence-corrected chi connectivity index (χ1v) is 8.17. The van der Waals surface area contributed by atoms with Crippen LogP contribution in [0.5, 0.6) is 0 Å². The van der Waals surface area contributed by atoms with Crippen molar-refractivity contribution in [1.29, 1.82) is 0 Å². The summed E-state index contributed by atoms with van der Waals surface area (Å²) in [7, 11) is 1.88. The van der Waals surface area contributed by atoms with Crippen molar-refractivity contribution in [2.24, 2.45) is 0 Å². The van der Waals surface area contributed by atoms with Crippen LogP contribution in [0.25, 0.3) is 0 Å². The molecule has 1 fully saturated rings. The summed E-state index contributed by atoms with van der Waals surface area (Å²) in [6.07, 6.45) is 5.37. The van der Waals surface area contributed by atoms with E-state index < -0.39 is 0 Å². The van der Waals surface area contributed by atoms with Gasteiger partial charge in [-0.3, -0.25) is 4.79 Å². The van der Waals surface area contributed by atoms with E-state index in [4.69, 9.17) is 0 Å². The molecule has 2 rings (SSSR count). The van der Waals surface area contributed by atoms with Gasteiger partial charge in [-0.25, -0.2) is 0 Å². The first kappa shape index (κ1) is 15.5. The van der Waals surface area contributed by atoms with Crippen LogP contribution in [0.4, 0.5) is 0 Å². The zero-order chi connectivity index (χ0) is 14.4. The maximum atomic E-state index is 12.2. The van der Waals surface area contributed by atoms with Gasteiger partial charge in [-0.15, -0.1) is 0 Å². The topological polar surface area (TPSA) is 32.3 Å². The molecular formula is C16H23BrN2O. The summed E-state index contributed by atoms with van der Waals surface area (Å²) in [5.41, 5.74) is 1.15. The van der Waals surface area contributed by atoms with Crippen LogP contribution in [0, 0.1) is 0 Å². The molecule has 1 atom stereocenters. The van der Waals surface area contributed by atoms with E-state index in [2.05, 4.69) is 27.3 Å². The van der Waals surface area contributed by atoms with Gasteiger partial charge < -0.3 is 10.2 Å². The Bertz CT molecular complexity index is 444. The molecule has 1 saturated heterocycles. The minimum absolute atomic E-state index is 0.230. The number of halogens is 1. The molecule has 1 heterocycles. The van der Waals surface area contributed by atoms with Crippen molar-refractivity contribution in [3.05, 3.63) is 34.3 Å². The molecule has 4 heteroatoms. The molecule has 0 saturated carbocycles. The van der Waals surface area contributed by atoms with Gasteiger partial charge >= 0.3 is 0 Å². The molecule has 1 N–H and O–H groups in total. The summed E-state index contributed by atoms with van der Waals surface area (Å²) < 4.78 is 1.06. The third kappa shape index (κ3) is 4.60. The number of rotatable bonds is 5. The number of nitrogens with one attached hydrogen (secondary N) is 1. The van der Waals surface area contributed by atoms with E-state index in [-0.39, 0.29) is 5.91 Å². The lowest BCUT2D eigenvalue weighted by atomic mass is 10.0. The maximum absolute atomic E-state index is 12.2. The summed E-state index contributed by atoms with van der Waals surface area (Å²) >= 11 is 3.53. The van der Waals surface area contributed by atoms with Gasteiger partial charge in [0.25, 0.3) is 0 Å². The third-order valence-corrected chi connectivity index (χ3v) is 4.68. The van der Waals surface area contributed by atoms with Crippen molar-refractivity contribution in [2.75, 3.05) is 13.6 Å². The first-order valence-electron chi connectivity index (χ1n) is 7.37. The molecule has 1 amide bonds. The smallest absolute Gasteiger partial charge is 0.222 e. The van der Waals surface area contributed by atoms with Gasteiger partial charge in [0.1, 0.15) is 0 Å². The fourth-order valence-corrected chi connectivity index (χ4v) is 3.04. The van der Waals surface area contributed by atoms with Gasteiger partial charge in [0.15, 0.2) is 0 Å². The van der Waals surface area contributed by atoms with E-state index in [1.165, 1.54) is 19.3 Å². The van der Waals surface area contributed by atoms with E-state index >= 15 is 0 Å². The molecule has 3 nitrogen and oxygen atoms in total. The van der Waals surface area contributed by atoms with E-state index in [0.717, 1.165) is 23.0 Å². The minimum atomic E-state index is 0.230. The van der Waals surface area contributed by atoms with Crippen molar-refractivity contribution >= 4 is 21.8 Å². The molecule has 1 unspecified atom stereocenters. The zero-order valence-corrected chi connectivity index (χ0v) is 13.7. The largest absolute Gasteiger partial charge is 0.341 e. The average Bonchev–Trinajstić information content (AvgIpc) is 2.48. The lowest BCUT2D eigenvalue weighted by molar-refractivity contribution is -0.130. The summed E-state index contributed by atoms with van der Waals surface area (Å²) in [4.78, 5) is 14.0. The normalized spacial score (nSPS) is 18.8. The van der Waals surface area contributed by atoms with Crippen LogP contribution in [0.2, 0.25) is 0 Å². The third-order valence-electron chi connectivity index (χ3n) is 3.91. The van der Waals surface area contributed by atoms with E-state index in [0.29, 0.717) is 19.0 Å². The molecule has 1 aromatic rings. The van der Waals surface area contributed by atoms with E-state index in [1.807, 2.05) is 30.1 Å². The lowest BCUT2D eigenvalue weighted by Gasteiger charge is -2.24. The summed E-state index contributed by atoms with van der Waals surface area (Å²) in [5.74, 6) is 0.230. The fourth-order valence-electron chi connectivity index (χ4n) is 2.63. The SMILES string of the molecule is CN(Cc1ccccc1Br)C(=O)CCC1CCCCN1. The number of hydrogen-bond donors (Lipinski definition) is 1. The van der Waals surface area contributed by atoms with Gasteiger partial charge in [0, 0.05) is 30.5 Å². The highest BCUT2D eigenvalue weighted by Gasteiger charge is 2.16. The Morgan fingerprint density at radius 3 is 2.90 bits per heavy atom. The Morgan fingerprint density at radius 2 is 2.20 bits per heavy atom. The molecule has 0 spiro atoms. The molecule has 0 aliphatic carbocycles. The van der Waals surface area contributed by atoms with Crippen LogP contribution in [0.1, 0.15) is 37.7 Å². The van der Waals surface area contributed by atoms with E-state index in [9.17, 15) is 4.79 Å². The van der Waals surface area contributed by atoms with Crippen molar-refractivity contribution in [1.82, 2.24) is 10.2 Å². The van der Waals surface area contributed by atoms with Crippen LogP contribution >= 0.6 is 15.9 Å². The number of carbonyl (C=O) groups excluding carboxylic acids is 1. The predicted molar refractivity (Wildman–Crippen MR) is 85.5 cm³/mol. The van der Waals surface area contributed by atoms with Gasteiger partial charge in [0.2, 0.25) is 5.91 Å². The minimum Gasteiger partial charge on any atom is -0.341 e. The fraction of sp³-hybridized carbons (Fsp3) is 0.562. The summed E-state index contributed by atoms with van der Waals surface area (Å²) in [5, 5.41) is 3.49. The Labute approximate surface area is 129 Å². The van der Waals surface area contributed by atoms with Crippen LogP contribution in [0.15, 0.2) is 28.7 Å². The standard InChI is InChI=1S/C16H23BrN2O/c1-19(12-13-6-2-3-8-15(13)17)16(20)10-9-14-7-4-5-11-18-14/h2-3,6,8,14,18H,4-5,7,9-12H2,1H3. The highest BCUT2D eigenvalue weighted by Crippen LogP contribution is 2.18. The molecule has 0 aromatic heterocycles. The van der Waals surface area contributed by atoms with Crippen LogP contribution in [-0.4, -0.2) is 30.4 Å². The molecule has 1 aromatic carbocycles. The molecular weight excluding hydrogens is 316 g/mol. The number of hydrogen-bond acceptors (Lipinski definition) is 2. The molecule has 1 aliphatic rings. The molecule has 110 valence electrons. The van der Waals surface area contributed by atoms with Gasteiger partial charge in [-0.05, 0) is 37.4 Å². The number of carbonyl (C=O) groups is 1. The maximum Gasteiger partial charge on any atom is 0.222 e. The zero-order valence-electron chi connectivity index (χ0n) is 12.1. The Hall–Kier alpha value is -0.870. The number of benzene rings is 1. The van der Waals surface area contributed by atoms with Crippen LogP contribution in [0.3, 0.4) is 0 Å². The molecule has 0 bridgehead atoms. The van der Waals surface area contributed by atoms with Gasteiger partial charge in [-0.2, -0.15) is 0 Å². The summed E-state index contributed by atoms with van der Waals surface area (Å²) in [6.45, 7) is 1.77. The summed E-state index contributed by atoms with van der Waals surface area (Å²) in [6, 6.07) is 8.59. The quantitative estimate of drug-likeness (QED) is 0.892. The highest BCUT2D eigenvalue weighted by atomic mass is 79.9. The number of nitrogens with zero attached hydrogens (tertiary/aromatic N) is 1. The Balaban J connectivity index is 1.78. The molecule has 1 aliphatic heterocycles. The van der Waals surface area contributed by atoms with Crippen molar-refractivity contribution in [3.8, 4) is 0 Å². The highest BCUT2D eigenvalue weighted by molar-refractivity contribution is 9.10. The first-order chi connectivity index (χ1) is 9.66. The van der Waals surface area contributed by atoms with E-state index in [1.54, 1.807) is 0 Å². The van der Waals surface area contributed by atoms with Gasteiger partial charge in [0.05, 0.1) is 0 Å². The predicted octanol–water partition coefficient (Wildman–Crippen LogP) is 3.33. The number of amides is 1. The lowest BCUT2D eigenvalue weighted by Crippen LogP contribution is -2.35. The second-order valence-corrected chi connectivity index (χ2v) is 6.38. The Kier molecular flexibility index (Phi) is 6.05.